The molecule has 0 spiro atoms. The summed E-state index contributed by atoms with van der Waals surface area (Å²) in [6, 6.07) is 3.82. The van der Waals surface area contributed by atoms with Crippen LogP contribution in [0.5, 0.6) is 0 Å². The summed E-state index contributed by atoms with van der Waals surface area (Å²) in [6.45, 7) is 6.22. The van der Waals surface area contributed by atoms with E-state index in [2.05, 4.69) is 6.92 Å². The lowest BCUT2D eigenvalue weighted by Crippen LogP contribution is -2.50. The fourth-order valence-electron chi connectivity index (χ4n) is 1.68. The van der Waals surface area contributed by atoms with Gasteiger partial charge in [0.05, 0.1) is 6.26 Å². The van der Waals surface area contributed by atoms with E-state index >= 15 is 0 Å². The van der Waals surface area contributed by atoms with Gasteiger partial charge in [-0.05, 0) is 37.8 Å². The minimum absolute atomic E-state index is 0.151. The molecule has 3 N–H and O–H groups in total. The largest absolute Gasteiger partial charge is 0.469 e. The molecule has 1 heterocycles. The molecule has 0 radical (unpaired) electrons. The van der Waals surface area contributed by atoms with Gasteiger partial charge >= 0.3 is 0 Å². The molecule has 1 aromatic heterocycles. The Morgan fingerprint density at radius 1 is 1.40 bits per heavy atom. The normalized spacial score (nSPS) is 16.3. The van der Waals surface area contributed by atoms with Gasteiger partial charge in [0, 0.05) is 18.6 Å². The summed E-state index contributed by atoms with van der Waals surface area (Å²) in [6.07, 6.45) is 3.10. The van der Waals surface area contributed by atoms with E-state index in [1.54, 1.807) is 6.26 Å². The molecule has 0 bridgehead atoms. The van der Waals surface area contributed by atoms with Gasteiger partial charge in [0.1, 0.15) is 5.76 Å². The lowest BCUT2D eigenvalue weighted by Gasteiger charge is -2.41. The van der Waals surface area contributed by atoms with Crippen LogP contribution in [0, 0.1) is 5.41 Å². The van der Waals surface area contributed by atoms with Gasteiger partial charge in [0.15, 0.2) is 0 Å². The number of furan rings is 1. The Morgan fingerprint density at radius 2 is 2.07 bits per heavy atom. The van der Waals surface area contributed by atoms with E-state index in [1.165, 1.54) is 0 Å². The maximum atomic E-state index is 9.11. The third kappa shape index (κ3) is 2.83. The number of hydrogen-bond acceptors (Lipinski definition) is 3. The Balaban J connectivity index is 2.82. The van der Waals surface area contributed by atoms with E-state index in [1.807, 2.05) is 26.0 Å². The number of aliphatic hydroxyl groups excluding tert-OH is 1. The lowest BCUT2D eigenvalue weighted by atomic mass is 9.68. The van der Waals surface area contributed by atoms with Crippen LogP contribution in [-0.4, -0.2) is 17.3 Å². The van der Waals surface area contributed by atoms with Gasteiger partial charge in [0.25, 0.3) is 0 Å². The minimum atomic E-state index is -0.345. The van der Waals surface area contributed by atoms with Gasteiger partial charge in [-0.3, -0.25) is 0 Å². The average Bonchev–Trinajstić information content (AvgIpc) is 2.55. The number of rotatable bonds is 5. The highest BCUT2D eigenvalue weighted by Crippen LogP contribution is 2.36. The molecule has 1 rings (SSSR count). The lowest BCUT2D eigenvalue weighted by molar-refractivity contribution is 0.113. The summed E-state index contributed by atoms with van der Waals surface area (Å²) in [5, 5.41) is 9.11. The molecule has 1 unspecified atom stereocenters. The van der Waals surface area contributed by atoms with Crippen LogP contribution < -0.4 is 5.73 Å². The Bertz CT molecular complexity index is 287. The van der Waals surface area contributed by atoms with Crippen LogP contribution in [0.15, 0.2) is 22.8 Å². The fourth-order valence-corrected chi connectivity index (χ4v) is 1.68. The molecule has 0 aliphatic carbocycles. The van der Waals surface area contributed by atoms with Crippen molar-refractivity contribution in [3.05, 3.63) is 24.2 Å². The Hall–Kier alpha value is -0.800. The second-order valence-electron chi connectivity index (χ2n) is 5.01. The molecule has 0 aromatic carbocycles. The van der Waals surface area contributed by atoms with Gasteiger partial charge in [-0.25, -0.2) is 0 Å². The molecule has 0 fully saturated rings. The van der Waals surface area contributed by atoms with Crippen LogP contribution >= 0.6 is 0 Å². The highest BCUT2D eigenvalue weighted by atomic mass is 16.3. The summed E-state index contributed by atoms with van der Waals surface area (Å²) in [4.78, 5) is 0. The quantitative estimate of drug-likeness (QED) is 0.782. The molecule has 0 amide bonds. The van der Waals surface area contributed by atoms with Crippen molar-refractivity contribution < 1.29 is 9.52 Å². The smallest absolute Gasteiger partial charge is 0.104 e. The predicted octanol–water partition coefficient (Wildman–Crippen LogP) is 1.95. The number of nitrogens with two attached hydrogens (primary N) is 1. The summed E-state index contributed by atoms with van der Waals surface area (Å²) in [5.41, 5.74) is 5.67. The van der Waals surface area contributed by atoms with Crippen molar-refractivity contribution in [3.63, 3.8) is 0 Å². The van der Waals surface area contributed by atoms with Crippen LogP contribution in [0.25, 0.3) is 0 Å². The Labute approximate surface area is 91.3 Å². The van der Waals surface area contributed by atoms with Gasteiger partial charge in [-0.1, -0.05) is 6.92 Å². The maximum Gasteiger partial charge on any atom is 0.104 e. The summed E-state index contributed by atoms with van der Waals surface area (Å²) in [5.74, 6) is 0.921. The molecule has 3 nitrogen and oxygen atoms in total. The van der Waals surface area contributed by atoms with E-state index in [9.17, 15) is 0 Å². The Kier molecular flexibility index (Phi) is 3.58. The summed E-state index contributed by atoms with van der Waals surface area (Å²) < 4.78 is 5.33. The first-order chi connectivity index (χ1) is 6.89. The first kappa shape index (κ1) is 12.3. The highest BCUT2D eigenvalue weighted by molar-refractivity contribution is 5.06. The summed E-state index contributed by atoms with van der Waals surface area (Å²) >= 11 is 0. The van der Waals surface area contributed by atoms with Crippen molar-refractivity contribution >= 4 is 0 Å². The molecule has 0 saturated heterocycles. The van der Waals surface area contributed by atoms with E-state index in [0.29, 0.717) is 6.42 Å². The third-order valence-electron chi connectivity index (χ3n) is 3.36. The number of aliphatic hydroxyl groups is 1. The zero-order valence-corrected chi connectivity index (χ0v) is 9.79. The summed E-state index contributed by atoms with van der Waals surface area (Å²) in [7, 11) is 0. The second kappa shape index (κ2) is 4.37. The van der Waals surface area contributed by atoms with Crippen LogP contribution in [0.3, 0.4) is 0 Å². The van der Waals surface area contributed by atoms with Crippen molar-refractivity contribution in [1.29, 1.82) is 0 Å². The first-order valence-corrected chi connectivity index (χ1v) is 5.31. The Morgan fingerprint density at radius 3 is 2.47 bits per heavy atom. The molecule has 1 aromatic rings. The molecule has 3 heteroatoms. The van der Waals surface area contributed by atoms with E-state index < -0.39 is 0 Å². The van der Waals surface area contributed by atoms with Crippen molar-refractivity contribution in [2.24, 2.45) is 11.1 Å². The predicted molar refractivity (Wildman–Crippen MR) is 60.5 cm³/mol. The maximum absolute atomic E-state index is 9.11. The molecular formula is C12H21NO2. The van der Waals surface area contributed by atoms with E-state index in [-0.39, 0.29) is 17.6 Å². The molecule has 0 aliphatic rings. The fraction of sp³-hybridized carbons (Fsp3) is 0.667. The molecular weight excluding hydrogens is 190 g/mol. The minimum Gasteiger partial charge on any atom is -0.469 e. The topological polar surface area (TPSA) is 59.4 Å². The van der Waals surface area contributed by atoms with E-state index in [4.69, 9.17) is 15.3 Å². The van der Waals surface area contributed by atoms with E-state index in [0.717, 1.165) is 12.2 Å². The van der Waals surface area contributed by atoms with Gasteiger partial charge in [-0.2, -0.15) is 0 Å². The second-order valence-corrected chi connectivity index (χ2v) is 5.01. The van der Waals surface area contributed by atoms with Crippen molar-refractivity contribution in [2.75, 3.05) is 6.61 Å². The molecule has 86 valence electrons. The standard InChI is InChI=1S/C12H21NO2/c1-11(2,13)12(3,6-7-14)9-10-5-4-8-15-10/h4-5,8,14H,6-7,9,13H2,1-3H3. The van der Waals surface area contributed by atoms with Crippen LogP contribution in [0.4, 0.5) is 0 Å². The monoisotopic (exact) mass is 211 g/mol. The molecule has 15 heavy (non-hydrogen) atoms. The van der Waals surface area contributed by atoms with Gasteiger partial charge < -0.3 is 15.3 Å². The molecule has 1 atom stereocenters. The van der Waals surface area contributed by atoms with Crippen LogP contribution in [0.1, 0.15) is 33.0 Å². The first-order valence-electron chi connectivity index (χ1n) is 5.31. The third-order valence-corrected chi connectivity index (χ3v) is 3.36. The van der Waals surface area contributed by atoms with Gasteiger partial charge in [0.2, 0.25) is 0 Å². The zero-order valence-electron chi connectivity index (χ0n) is 9.79. The zero-order chi connectivity index (χ0) is 11.5. The van der Waals surface area contributed by atoms with Crippen molar-refractivity contribution in [3.8, 4) is 0 Å². The number of hydrogen-bond donors (Lipinski definition) is 2. The SMILES string of the molecule is CC(C)(N)C(C)(CCO)Cc1ccco1. The van der Waals surface area contributed by atoms with Crippen molar-refractivity contribution in [2.45, 2.75) is 39.2 Å². The van der Waals surface area contributed by atoms with Crippen molar-refractivity contribution in [1.82, 2.24) is 0 Å². The average molecular weight is 211 g/mol. The molecule has 0 aliphatic heterocycles. The molecule has 0 saturated carbocycles. The van der Waals surface area contributed by atoms with Gasteiger partial charge in [-0.15, -0.1) is 0 Å². The van der Waals surface area contributed by atoms with Crippen LogP contribution in [-0.2, 0) is 6.42 Å². The highest BCUT2D eigenvalue weighted by Gasteiger charge is 2.38. The van der Waals surface area contributed by atoms with Crippen LogP contribution in [0.2, 0.25) is 0 Å².